The lowest BCUT2D eigenvalue weighted by molar-refractivity contribution is 0.361. The van der Waals surface area contributed by atoms with Crippen LogP contribution in [0.25, 0.3) is 16.6 Å². The second-order valence-electron chi connectivity index (χ2n) is 8.75. The maximum absolute atomic E-state index is 5.59. The minimum Gasteiger partial charge on any atom is -0.367 e. The second-order valence-corrected chi connectivity index (χ2v) is 8.75. The Balaban J connectivity index is 0.000000283. The van der Waals surface area contributed by atoms with Crippen LogP contribution in [0.5, 0.6) is 0 Å². The van der Waals surface area contributed by atoms with Crippen LogP contribution in [0.4, 0.5) is 11.8 Å². The molecule has 0 spiro atoms. The van der Waals surface area contributed by atoms with Gasteiger partial charge in [-0.15, -0.1) is 5.10 Å². The predicted octanol–water partition coefficient (Wildman–Crippen LogP) is 5.21. The summed E-state index contributed by atoms with van der Waals surface area (Å²) in [6.07, 6.45) is 9.63. The van der Waals surface area contributed by atoms with E-state index in [9.17, 15) is 0 Å². The number of nitrogens with zero attached hydrogens (tertiary/aromatic N) is 5. The Morgan fingerprint density at radius 3 is 2.35 bits per heavy atom. The molecular weight excluding hydrogens is 386 g/mol. The number of hydrogen-bond acceptors (Lipinski definition) is 6. The molecule has 3 aromatic rings. The van der Waals surface area contributed by atoms with E-state index in [0.29, 0.717) is 0 Å². The summed E-state index contributed by atoms with van der Waals surface area (Å²) in [5.74, 6) is 1.84. The van der Waals surface area contributed by atoms with Gasteiger partial charge in [0.2, 0.25) is 5.95 Å². The van der Waals surface area contributed by atoms with Crippen LogP contribution in [0.2, 0.25) is 0 Å². The monoisotopic (exact) mass is 423 g/mol. The predicted molar refractivity (Wildman–Crippen MR) is 131 cm³/mol. The molecule has 0 aliphatic heterocycles. The highest BCUT2D eigenvalue weighted by atomic mass is 15.3. The van der Waals surface area contributed by atoms with Crippen molar-refractivity contribution in [1.29, 1.82) is 0 Å². The summed E-state index contributed by atoms with van der Waals surface area (Å²) in [5.41, 5.74) is 10.5. The van der Waals surface area contributed by atoms with Gasteiger partial charge in [0.15, 0.2) is 5.82 Å². The summed E-state index contributed by atoms with van der Waals surface area (Å²) in [6.45, 7) is 12.4. The normalized spacial score (nSPS) is 13.0. The summed E-state index contributed by atoms with van der Waals surface area (Å²) < 4.78 is 1.72. The first kappa shape index (κ1) is 24.5. The fourth-order valence-corrected chi connectivity index (χ4v) is 2.90. The molecule has 0 radical (unpaired) electrons. The number of anilines is 1. The van der Waals surface area contributed by atoms with Crippen LogP contribution in [0.3, 0.4) is 0 Å². The van der Waals surface area contributed by atoms with Gasteiger partial charge in [0.05, 0.1) is 11.7 Å². The molecule has 7 nitrogen and oxygen atoms in total. The van der Waals surface area contributed by atoms with Crippen molar-refractivity contribution in [1.82, 2.24) is 24.9 Å². The first-order chi connectivity index (χ1) is 14.7. The highest BCUT2D eigenvalue weighted by molar-refractivity contribution is 5.83. The molecule has 0 bridgehead atoms. The topological polar surface area (TPSA) is 93.5 Å². The Morgan fingerprint density at radius 1 is 1.19 bits per heavy atom. The molecule has 7 heteroatoms. The van der Waals surface area contributed by atoms with Crippen molar-refractivity contribution in [2.75, 3.05) is 12.8 Å². The fourth-order valence-electron chi connectivity index (χ4n) is 2.90. The average molecular weight is 424 g/mol. The number of pyridine rings is 1. The molecule has 1 aliphatic rings. The van der Waals surface area contributed by atoms with E-state index in [1.807, 2.05) is 46.3 Å². The Morgan fingerprint density at radius 2 is 1.87 bits per heavy atom. The molecule has 31 heavy (non-hydrogen) atoms. The first-order valence-electron chi connectivity index (χ1n) is 11.0. The molecule has 4 rings (SSSR count). The Kier molecular flexibility index (Phi) is 9.12. The van der Waals surface area contributed by atoms with Crippen molar-refractivity contribution in [3.05, 3.63) is 36.3 Å². The SMILES string of the molecule is CC(C)=Nc1ncc(-c2ccn3nc(N)ncc23)cc1C.CC(C)C.CNC1CCC1. The largest absolute Gasteiger partial charge is 0.367 e. The van der Waals surface area contributed by atoms with Crippen molar-refractivity contribution >= 4 is 23.0 Å². The Labute approximate surface area is 186 Å². The quantitative estimate of drug-likeness (QED) is 0.564. The molecule has 0 saturated heterocycles. The van der Waals surface area contributed by atoms with Crippen molar-refractivity contribution in [2.24, 2.45) is 10.9 Å². The Hall–Kier alpha value is -2.80. The molecular formula is C24H37N7. The molecule has 168 valence electrons. The molecule has 1 aliphatic carbocycles. The smallest absolute Gasteiger partial charge is 0.238 e. The van der Waals surface area contributed by atoms with E-state index < -0.39 is 0 Å². The van der Waals surface area contributed by atoms with Gasteiger partial charge in [0.25, 0.3) is 0 Å². The van der Waals surface area contributed by atoms with Crippen molar-refractivity contribution < 1.29 is 0 Å². The standard InChI is InChI=1S/C15H16N6.C5H11N.C4H10/c1-9(2)19-14-10(3)6-11(7-17-14)12-4-5-21-13(12)8-18-15(16)20-21;1-6-5-3-2-4-5;1-4(2)3/h4-8H,1-3H3,(H2,16,20);5-6H,2-4H2,1H3;4H,1-3H3. The van der Waals surface area contributed by atoms with Gasteiger partial charge < -0.3 is 11.1 Å². The molecule has 1 fully saturated rings. The summed E-state index contributed by atoms with van der Waals surface area (Å²) in [6, 6.07) is 4.92. The average Bonchev–Trinajstić information content (AvgIpc) is 3.05. The third-order valence-electron chi connectivity index (χ3n) is 4.64. The lowest BCUT2D eigenvalue weighted by atomic mass is 9.94. The number of aliphatic imine (C=N–C) groups is 1. The number of aromatic nitrogens is 4. The number of nitrogens with two attached hydrogens (primary N) is 1. The van der Waals surface area contributed by atoms with E-state index in [2.05, 4.69) is 52.2 Å². The minimum atomic E-state index is 0.252. The number of fused-ring (bicyclic) bond motifs is 1. The summed E-state index contributed by atoms with van der Waals surface area (Å²) in [4.78, 5) is 12.9. The molecule has 3 heterocycles. The second kappa shape index (κ2) is 11.6. The van der Waals surface area contributed by atoms with Gasteiger partial charge in [-0.2, -0.15) is 0 Å². The van der Waals surface area contributed by atoms with Gasteiger partial charge in [-0.1, -0.05) is 27.2 Å². The number of nitrogens with one attached hydrogen (secondary N) is 1. The van der Waals surface area contributed by atoms with Crippen LogP contribution in [-0.2, 0) is 0 Å². The number of rotatable bonds is 3. The summed E-state index contributed by atoms with van der Waals surface area (Å²) in [5, 5.41) is 7.34. The van der Waals surface area contributed by atoms with E-state index in [4.69, 9.17) is 5.73 Å². The molecule has 0 unspecified atom stereocenters. The zero-order valence-electron chi connectivity index (χ0n) is 20.0. The van der Waals surface area contributed by atoms with Gasteiger partial charge in [-0.25, -0.2) is 19.5 Å². The van der Waals surface area contributed by atoms with Crippen molar-refractivity contribution in [2.45, 2.75) is 66.8 Å². The molecule has 0 atom stereocenters. The third kappa shape index (κ3) is 7.43. The highest BCUT2D eigenvalue weighted by Crippen LogP contribution is 2.28. The minimum absolute atomic E-state index is 0.252. The number of hydrogen-bond donors (Lipinski definition) is 2. The summed E-state index contributed by atoms with van der Waals surface area (Å²) >= 11 is 0. The number of aryl methyl sites for hydroxylation is 1. The van der Waals surface area contributed by atoms with Crippen LogP contribution in [0.15, 0.2) is 35.7 Å². The van der Waals surface area contributed by atoms with Gasteiger partial charge in [0.1, 0.15) is 0 Å². The van der Waals surface area contributed by atoms with Crippen LogP contribution in [0.1, 0.15) is 59.4 Å². The molecule has 3 N–H and O–H groups in total. The fraction of sp³-hybridized carbons (Fsp3) is 0.500. The van der Waals surface area contributed by atoms with Gasteiger partial charge in [-0.05, 0) is 64.3 Å². The molecule has 3 aromatic heterocycles. The maximum Gasteiger partial charge on any atom is 0.238 e. The van der Waals surface area contributed by atoms with Gasteiger partial charge in [0, 0.05) is 35.3 Å². The van der Waals surface area contributed by atoms with Crippen LogP contribution >= 0.6 is 0 Å². The number of nitrogen functional groups attached to an aromatic ring is 1. The highest BCUT2D eigenvalue weighted by Gasteiger charge is 2.13. The maximum atomic E-state index is 5.59. The van der Waals surface area contributed by atoms with Crippen molar-refractivity contribution in [3.63, 3.8) is 0 Å². The third-order valence-corrected chi connectivity index (χ3v) is 4.64. The zero-order valence-corrected chi connectivity index (χ0v) is 20.0. The van der Waals surface area contributed by atoms with E-state index >= 15 is 0 Å². The van der Waals surface area contributed by atoms with E-state index in [-0.39, 0.29) is 5.95 Å². The zero-order chi connectivity index (χ0) is 23.0. The lowest BCUT2D eigenvalue weighted by Gasteiger charge is -2.23. The Bertz CT molecular complexity index is 991. The van der Waals surface area contributed by atoms with Crippen LogP contribution in [-0.4, -0.2) is 38.4 Å². The van der Waals surface area contributed by atoms with Crippen molar-refractivity contribution in [3.8, 4) is 11.1 Å². The molecule has 1 saturated carbocycles. The van der Waals surface area contributed by atoms with Crippen LogP contribution < -0.4 is 11.1 Å². The molecule has 0 amide bonds. The van der Waals surface area contributed by atoms with E-state index in [0.717, 1.165) is 45.7 Å². The van der Waals surface area contributed by atoms with E-state index in [1.54, 1.807) is 10.7 Å². The van der Waals surface area contributed by atoms with Gasteiger partial charge >= 0.3 is 0 Å². The van der Waals surface area contributed by atoms with Gasteiger partial charge in [-0.3, -0.25) is 0 Å². The summed E-state index contributed by atoms with van der Waals surface area (Å²) in [7, 11) is 2.03. The van der Waals surface area contributed by atoms with E-state index in [1.165, 1.54) is 19.3 Å². The lowest BCUT2D eigenvalue weighted by Crippen LogP contribution is -2.31. The molecule has 0 aromatic carbocycles. The first-order valence-corrected chi connectivity index (χ1v) is 11.0. The van der Waals surface area contributed by atoms with Crippen LogP contribution in [0, 0.1) is 12.8 Å².